The van der Waals surface area contributed by atoms with E-state index in [0.29, 0.717) is 0 Å². The van der Waals surface area contributed by atoms with Gasteiger partial charge >= 0.3 is 0 Å². The van der Waals surface area contributed by atoms with Crippen LogP contribution >= 0.6 is 0 Å². The molecule has 126 valence electrons. The minimum atomic E-state index is -0.463. The summed E-state index contributed by atoms with van der Waals surface area (Å²) in [4.78, 5) is 0. The van der Waals surface area contributed by atoms with Gasteiger partial charge in [-0.2, -0.15) is 0 Å². The van der Waals surface area contributed by atoms with E-state index >= 15 is 0 Å². The summed E-state index contributed by atoms with van der Waals surface area (Å²) in [7, 11) is 1.64. The summed E-state index contributed by atoms with van der Waals surface area (Å²) >= 11 is 0. The van der Waals surface area contributed by atoms with Gasteiger partial charge in [0.05, 0.1) is 19.3 Å². The Hall–Kier alpha value is -1.20. The topological polar surface area (TPSA) is 36.9 Å². The summed E-state index contributed by atoms with van der Waals surface area (Å²) in [5.41, 5.74) is 1.24. The number of benzene rings is 1. The lowest BCUT2D eigenvalue weighted by Crippen LogP contribution is -2.41. The van der Waals surface area contributed by atoms with Gasteiger partial charge in [0, 0.05) is 24.9 Å². The van der Waals surface area contributed by atoms with E-state index in [1.807, 2.05) is 18.2 Å². The van der Waals surface area contributed by atoms with Crippen molar-refractivity contribution in [2.45, 2.75) is 32.2 Å². The Labute approximate surface area is 138 Å². The fraction of sp³-hybridized carbons (Fsp3) is 0.579. The Kier molecular flexibility index (Phi) is 4.87. The highest BCUT2D eigenvalue weighted by Gasteiger charge is 2.63. The predicted octanol–water partition coefficient (Wildman–Crippen LogP) is 3.48. The zero-order valence-electron chi connectivity index (χ0n) is 14.2. The Morgan fingerprint density at radius 3 is 2.57 bits per heavy atom. The van der Waals surface area contributed by atoms with Crippen molar-refractivity contribution < 1.29 is 18.9 Å². The standard InChI is InChI=1S/C19H26O4/c1-18(2)12-22-19(23-13-18)11-16(19)17(21-14-20-3)10-9-15-7-5-4-6-8-15/h4-10,16-17H,11-14H2,1-3H3/b10-9-/t16-,17-/m0/s1. The van der Waals surface area contributed by atoms with Gasteiger partial charge in [-0.15, -0.1) is 0 Å². The molecule has 0 N–H and O–H groups in total. The first-order valence-corrected chi connectivity index (χ1v) is 8.16. The molecule has 2 aliphatic rings. The molecular formula is C19H26O4. The maximum Gasteiger partial charge on any atom is 0.174 e. The van der Waals surface area contributed by atoms with Crippen molar-refractivity contribution in [3.63, 3.8) is 0 Å². The van der Waals surface area contributed by atoms with E-state index in [1.54, 1.807) is 7.11 Å². The highest BCUT2D eigenvalue weighted by atomic mass is 16.7. The third kappa shape index (κ3) is 4.01. The van der Waals surface area contributed by atoms with Crippen LogP contribution < -0.4 is 0 Å². The van der Waals surface area contributed by atoms with E-state index in [9.17, 15) is 0 Å². The lowest BCUT2D eigenvalue weighted by molar-refractivity contribution is -0.255. The lowest BCUT2D eigenvalue weighted by Gasteiger charge is -2.36. The van der Waals surface area contributed by atoms with Crippen molar-refractivity contribution in [3.05, 3.63) is 42.0 Å². The SMILES string of the molecule is COCO[C@@H](/C=C\c1ccccc1)[C@@H]1CC12OCC(C)(C)CO2. The Bertz CT molecular complexity index is 528. The fourth-order valence-corrected chi connectivity index (χ4v) is 2.89. The van der Waals surface area contributed by atoms with Gasteiger partial charge in [-0.25, -0.2) is 0 Å². The molecule has 1 aromatic carbocycles. The molecule has 4 heteroatoms. The number of hydrogen-bond acceptors (Lipinski definition) is 4. The summed E-state index contributed by atoms with van der Waals surface area (Å²) in [6.45, 7) is 6.03. The van der Waals surface area contributed by atoms with Crippen LogP contribution in [0, 0.1) is 11.3 Å². The van der Waals surface area contributed by atoms with Crippen LogP contribution in [0.3, 0.4) is 0 Å². The highest BCUT2D eigenvalue weighted by molar-refractivity contribution is 5.49. The van der Waals surface area contributed by atoms with E-state index in [0.717, 1.165) is 25.2 Å². The first-order valence-electron chi connectivity index (χ1n) is 8.16. The highest BCUT2D eigenvalue weighted by Crippen LogP contribution is 2.54. The monoisotopic (exact) mass is 318 g/mol. The van der Waals surface area contributed by atoms with Crippen molar-refractivity contribution in [2.24, 2.45) is 11.3 Å². The van der Waals surface area contributed by atoms with Crippen LogP contribution in [0.1, 0.15) is 25.8 Å². The van der Waals surface area contributed by atoms with Crippen LogP contribution in [0.25, 0.3) is 6.08 Å². The first-order chi connectivity index (χ1) is 11.0. The minimum absolute atomic E-state index is 0.0728. The van der Waals surface area contributed by atoms with E-state index in [1.165, 1.54) is 0 Å². The van der Waals surface area contributed by atoms with Gasteiger partial charge in [0.25, 0.3) is 0 Å². The first kappa shape index (κ1) is 16.7. The van der Waals surface area contributed by atoms with Gasteiger partial charge in [0.1, 0.15) is 6.79 Å². The molecule has 1 heterocycles. The average molecular weight is 318 g/mol. The van der Waals surface area contributed by atoms with Crippen molar-refractivity contribution in [1.29, 1.82) is 0 Å². The minimum Gasteiger partial charge on any atom is -0.359 e. The molecular weight excluding hydrogens is 292 g/mol. The van der Waals surface area contributed by atoms with Crippen LogP contribution in [0.5, 0.6) is 0 Å². The summed E-state index contributed by atoms with van der Waals surface area (Å²) < 4.78 is 23.0. The number of ether oxygens (including phenoxy) is 4. The van der Waals surface area contributed by atoms with Crippen LogP contribution in [0.2, 0.25) is 0 Å². The molecule has 0 bridgehead atoms. The molecule has 4 nitrogen and oxygen atoms in total. The molecule has 1 saturated carbocycles. The van der Waals surface area contributed by atoms with Crippen molar-refractivity contribution in [2.75, 3.05) is 27.1 Å². The molecule has 1 aliphatic carbocycles. The average Bonchev–Trinajstić information content (AvgIpc) is 3.26. The molecule has 0 aromatic heterocycles. The number of methoxy groups -OCH3 is 1. The van der Waals surface area contributed by atoms with Gasteiger partial charge in [-0.05, 0) is 5.56 Å². The predicted molar refractivity (Wildman–Crippen MR) is 88.7 cm³/mol. The molecule has 0 unspecified atom stereocenters. The van der Waals surface area contributed by atoms with Gasteiger partial charge in [0.15, 0.2) is 5.79 Å². The lowest BCUT2D eigenvalue weighted by atomic mass is 9.95. The van der Waals surface area contributed by atoms with E-state index in [4.69, 9.17) is 18.9 Å². The Morgan fingerprint density at radius 1 is 1.22 bits per heavy atom. The quantitative estimate of drug-likeness (QED) is 0.753. The molecule has 1 aliphatic heterocycles. The summed E-state index contributed by atoms with van der Waals surface area (Å²) in [5, 5.41) is 0. The molecule has 1 saturated heterocycles. The fourth-order valence-electron chi connectivity index (χ4n) is 2.89. The maximum absolute atomic E-state index is 6.04. The summed E-state index contributed by atoms with van der Waals surface area (Å²) in [5.74, 6) is -0.247. The Balaban J connectivity index is 1.65. The van der Waals surface area contributed by atoms with E-state index < -0.39 is 5.79 Å². The second-order valence-electron chi connectivity index (χ2n) is 7.17. The van der Waals surface area contributed by atoms with Crippen molar-refractivity contribution >= 4 is 6.08 Å². The normalized spacial score (nSPS) is 26.5. The van der Waals surface area contributed by atoms with E-state index in [-0.39, 0.29) is 24.2 Å². The number of rotatable bonds is 6. The third-order valence-corrected chi connectivity index (χ3v) is 4.38. The molecule has 2 fully saturated rings. The van der Waals surface area contributed by atoms with Crippen LogP contribution in [-0.2, 0) is 18.9 Å². The number of hydrogen-bond donors (Lipinski definition) is 0. The van der Waals surface area contributed by atoms with E-state index in [2.05, 4.69) is 38.1 Å². The smallest absolute Gasteiger partial charge is 0.174 e. The van der Waals surface area contributed by atoms with Crippen LogP contribution in [-0.4, -0.2) is 39.0 Å². The van der Waals surface area contributed by atoms with Gasteiger partial charge in [-0.1, -0.05) is 56.3 Å². The third-order valence-electron chi connectivity index (χ3n) is 4.38. The molecule has 3 rings (SSSR count). The van der Waals surface area contributed by atoms with Gasteiger partial charge < -0.3 is 18.9 Å². The van der Waals surface area contributed by atoms with Crippen LogP contribution in [0.15, 0.2) is 36.4 Å². The summed E-state index contributed by atoms with van der Waals surface area (Å²) in [6.07, 6.45) is 4.96. The molecule has 1 spiro atoms. The second-order valence-corrected chi connectivity index (χ2v) is 7.17. The van der Waals surface area contributed by atoms with Gasteiger partial charge in [-0.3, -0.25) is 0 Å². The van der Waals surface area contributed by atoms with Gasteiger partial charge in [0.2, 0.25) is 0 Å². The molecule has 0 amide bonds. The Morgan fingerprint density at radius 2 is 1.91 bits per heavy atom. The van der Waals surface area contributed by atoms with Crippen molar-refractivity contribution in [3.8, 4) is 0 Å². The largest absolute Gasteiger partial charge is 0.359 e. The molecule has 2 atom stereocenters. The maximum atomic E-state index is 6.04. The zero-order chi connectivity index (χ0) is 16.3. The van der Waals surface area contributed by atoms with Crippen LogP contribution in [0.4, 0.5) is 0 Å². The summed E-state index contributed by atoms with van der Waals surface area (Å²) in [6, 6.07) is 10.2. The molecule has 1 aromatic rings. The zero-order valence-corrected chi connectivity index (χ0v) is 14.2. The molecule has 23 heavy (non-hydrogen) atoms. The van der Waals surface area contributed by atoms with Crippen molar-refractivity contribution in [1.82, 2.24) is 0 Å². The second kappa shape index (κ2) is 6.73. The molecule has 0 radical (unpaired) electrons.